The minimum atomic E-state index is -1.82. The van der Waals surface area contributed by atoms with E-state index in [-0.39, 0.29) is 11.6 Å². The molecule has 0 aliphatic heterocycles. The number of carbonyl (C=O) groups is 1. The number of rotatable bonds is 2. The van der Waals surface area contributed by atoms with Crippen LogP contribution in [0.3, 0.4) is 0 Å². The number of hydrogen-bond donors (Lipinski definition) is 0. The Morgan fingerprint density at radius 1 is 1.35 bits per heavy atom. The van der Waals surface area contributed by atoms with E-state index in [1.807, 2.05) is 13.8 Å². The van der Waals surface area contributed by atoms with Crippen molar-refractivity contribution in [3.63, 3.8) is 0 Å². The van der Waals surface area contributed by atoms with Crippen molar-refractivity contribution >= 4 is 40.8 Å². The van der Waals surface area contributed by atoms with E-state index in [0.717, 1.165) is 9.36 Å². The number of halogens is 3. The minimum Gasteiger partial charge on any atom is -0.243 e. The molecule has 2 heterocycles. The molecule has 2 aromatic rings. The molecule has 0 aromatic carbocycles. The quantitative estimate of drug-likeness (QED) is 0.786. The van der Waals surface area contributed by atoms with Crippen LogP contribution in [0.4, 0.5) is 4.79 Å². The summed E-state index contributed by atoms with van der Waals surface area (Å²) < 4.78 is 0.0943. The smallest absolute Gasteiger partial charge is 0.243 e. The molecule has 0 bridgehead atoms. The van der Waals surface area contributed by atoms with Crippen LogP contribution in [0.1, 0.15) is 25.2 Å². The molecule has 0 atom stereocenters. The van der Waals surface area contributed by atoms with Crippen molar-refractivity contribution in [2.24, 2.45) is 5.92 Å². The summed E-state index contributed by atoms with van der Waals surface area (Å²) in [6.07, 6.45) is 3.26. The van der Waals surface area contributed by atoms with Gasteiger partial charge < -0.3 is 0 Å². The third kappa shape index (κ3) is 3.11. The van der Waals surface area contributed by atoms with E-state index in [1.54, 1.807) is 0 Å². The zero-order valence-electron chi connectivity index (χ0n) is 10.7. The summed E-state index contributed by atoms with van der Waals surface area (Å²) in [5, 5.41) is 14.8. The van der Waals surface area contributed by atoms with E-state index in [9.17, 15) is 4.79 Å². The molecular weight excluding hydrogens is 327 g/mol. The summed E-state index contributed by atoms with van der Waals surface area (Å²) in [6, 6.07) is -0.619. The lowest BCUT2D eigenvalue weighted by Crippen LogP contribution is -2.26. The Kier molecular flexibility index (Phi) is 4.31. The molecule has 108 valence electrons. The predicted molar refractivity (Wildman–Crippen MR) is 74.0 cm³/mol. The van der Waals surface area contributed by atoms with Crippen molar-refractivity contribution in [2.75, 3.05) is 0 Å². The van der Waals surface area contributed by atoms with Gasteiger partial charge in [-0.3, -0.25) is 0 Å². The van der Waals surface area contributed by atoms with E-state index in [4.69, 9.17) is 34.8 Å². The predicted octanol–water partition coefficient (Wildman–Crippen LogP) is 2.41. The van der Waals surface area contributed by atoms with Gasteiger partial charge in [-0.2, -0.15) is 9.36 Å². The van der Waals surface area contributed by atoms with Gasteiger partial charge in [0, 0.05) is 0 Å². The summed E-state index contributed by atoms with van der Waals surface area (Å²) in [5.74, 6) is 0.271. The molecule has 2 aromatic heterocycles. The molecular formula is C10H11Cl3N6O. The van der Waals surface area contributed by atoms with Gasteiger partial charge in [-0.1, -0.05) is 59.1 Å². The highest BCUT2D eigenvalue weighted by Crippen LogP contribution is 2.39. The summed E-state index contributed by atoms with van der Waals surface area (Å²) in [5.41, 5.74) is 0.588. The zero-order valence-corrected chi connectivity index (χ0v) is 12.9. The van der Waals surface area contributed by atoms with Crippen LogP contribution in [0.15, 0.2) is 12.4 Å². The van der Waals surface area contributed by atoms with Gasteiger partial charge in [0.1, 0.15) is 5.69 Å². The molecule has 0 saturated carbocycles. The van der Waals surface area contributed by atoms with Crippen LogP contribution in [0.25, 0.3) is 0 Å². The van der Waals surface area contributed by atoms with Crippen LogP contribution < -0.4 is 0 Å². The van der Waals surface area contributed by atoms with Crippen LogP contribution in [0.2, 0.25) is 0 Å². The van der Waals surface area contributed by atoms with Crippen molar-refractivity contribution in [3.05, 3.63) is 23.8 Å². The molecule has 0 amide bonds. The van der Waals surface area contributed by atoms with Gasteiger partial charge in [0.15, 0.2) is 0 Å². The maximum atomic E-state index is 12.2. The largest absolute Gasteiger partial charge is 0.372 e. The summed E-state index contributed by atoms with van der Waals surface area (Å²) in [6.45, 7) is 3.97. The van der Waals surface area contributed by atoms with Crippen LogP contribution >= 0.6 is 34.8 Å². The van der Waals surface area contributed by atoms with Crippen LogP contribution in [-0.4, -0.2) is 36.0 Å². The van der Waals surface area contributed by atoms with Gasteiger partial charge >= 0.3 is 6.03 Å². The Balaban J connectivity index is 2.49. The Morgan fingerprint density at radius 3 is 2.55 bits per heavy atom. The first-order valence-electron chi connectivity index (χ1n) is 5.73. The number of nitrogens with zero attached hydrogens (tertiary/aromatic N) is 6. The molecule has 0 spiro atoms. The van der Waals surface area contributed by atoms with Crippen LogP contribution in [0, 0.1) is 5.92 Å². The molecule has 0 unspecified atom stereocenters. The highest BCUT2D eigenvalue weighted by Gasteiger charge is 2.35. The second-order valence-corrected chi connectivity index (χ2v) is 6.80. The average Bonchev–Trinajstić information content (AvgIpc) is 2.93. The van der Waals surface area contributed by atoms with Crippen molar-refractivity contribution in [1.29, 1.82) is 0 Å². The zero-order chi connectivity index (χ0) is 14.9. The second kappa shape index (κ2) is 5.67. The van der Waals surface area contributed by atoms with Gasteiger partial charge in [0.25, 0.3) is 0 Å². The lowest BCUT2D eigenvalue weighted by atomic mass is 10.1. The first-order chi connectivity index (χ1) is 9.30. The van der Waals surface area contributed by atoms with E-state index in [2.05, 4.69) is 20.6 Å². The number of aromatic nitrogens is 6. The number of carbonyl (C=O) groups excluding carboxylic acids is 1. The van der Waals surface area contributed by atoms with Gasteiger partial charge in [-0.05, 0) is 12.3 Å². The van der Waals surface area contributed by atoms with Gasteiger partial charge in [0.2, 0.25) is 3.79 Å². The van der Waals surface area contributed by atoms with Crippen LogP contribution in [-0.2, 0) is 10.2 Å². The molecule has 20 heavy (non-hydrogen) atoms. The third-order valence-electron chi connectivity index (χ3n) is 2.41. The summed E-state index contributed by atoms with van der Waals surface area (Å²) >= 11 is 17.8. The molecule has 10 heteroatoms. The van der Waals surface area contributed by atoms with E-state index < -0.39 is 9.82 Å². The average molecular weight is 338 g/mol. The fraction of sp³-hybridized carbons (Fsp3) is 0.500. The first kappa shape index (κ1) is 15.2. The van der Waals surface area contributed by atoms with Crippen molar-refractivity contribution in [3.8, 4) is 0 Å². The Hall–Kier alpha value is -1.18. The lowest BCUT2D eigenvalue weighted by Gasteiger charge is -2.14. The van der Waals surface area contributed by atoms with Crippen molar-refractivity contribution < 1.29 is 4.79 Å². The normalized spacial score (nSPS) is 12.1. The Labute approximate surface area is 129 Å². The Bertz CT molecular complexity index is 601. The highest BCUT2D eigenvalue weighted by atomic mass is 35.6. The maximum Gasteiger partial charge on any atom is 0.372 e. The standard InChI is InChI=1S/C10H11Cl3N6O/c1-6(2)5-7-8(10(11,12)13)19(17-15-7)9(20)18-4-3-14-16-18/h3-4,6H,5H2,1-2H3. The maximum absolute atomic E-state index is 12.2. The van der Waals surface area contributed by atoms with Gasteiger partial charge in [0.05, 0.1) is 18.1 Å². The monoisotopic (exact) mass is 336 g/mol. The molecule has 0 N–H and O–H groups in total. The molecule has 0 radical (unpaired) electrons. The first-order valence-corrected chi connectivity index (χ1v) is 6.87. The third-order valence-corrected chi connectivity index (χ3v) is 2.95. The summed E-state index contributed by atoms with van der Waals surface area (Å²) in [4.78, 5) is 12.2. The fourth-order valence-electron chi connectivity index (χ4n) is 1.66. The lowest BCUT2D eigenvalue weighted by molar-refractivity contribution is 0.236. The molecule has 0 aliphatic rings. The van der Waals surface area contributed by atoms with Crippen molar-refractivity contribution in [1.82, 2.24) is 30.0 Å². The summed E-state index contributed by atoms with van der Waals surface area (Å²) in [7, 11) is 0. The van der Waals surface area contributed by atoms with Crippen molar-refractivity contribution in [2.45, 2.75) is 24.1 Å². The highest BCUT2D eigenvalue weighted by molar-refractivity contribution is 6.66. The second-order valence-electron chi connectivity index (χ2n) is 4.52. The number of hydrogen-bond acceptors (Lipinski definition) is 5. The molecule has 2 rings (SSSR count). The SMILES string of the molecule is CC(C)Cc1nnn(C(=O)n2ccnn2)c1C(Cl)(Cl)Cl. The topological polar surface area (TPSA) is 78.5 Å². The molecule has 0 fully saturated rings. The van der Waals surface area contributed by atoms with E-state index >= 15 is 0 Å². The molecule has 7 nitrogen and oxygen atoms in total. The van der Waals surface area contributed by atoms with E-state index in [1.165, 1.54) is 12.4 Å². The van der Waals surface area contributed by atoms with Gasteiger partial charge in [-0.25, -0.2) is 4.79 Å². The molecule has 0 aliphatic carbocycles. The fourth-order valence-corrected chi connectivity index (χ4v) is 2.23. The minimum absolute atomic E-state index is 0.122. The van der Waals surface area contributed by atoms with Gasteiger partial charge in [-0.15, -0.1) is 10.2 Å². The van der Waals surface area contributed by atoms with Crippen LogP contribution in [0.5, 0.6) is 0 Å². The Morgan fingerprint density at radius 2 is 2.05 bits per heavy atom. The molecule has 0 saturated heterocycles. The number of alkyl halides is 3. The van der Waals surface area contributed by atoms with E-state index in [0.29, 0.717) is 12.1 Å².